The molecule has 1 fully saturated rings. The number of halogens is 2. The van der Waals surface area contributed by atoms with Gasteiger partial charge in [-0.05, 0) is 31.0 Å². The van der Waals surface area contributed by atoms with Gasteiger partial charge in [-0.2, -0.15) is 0 Å². The maximum absolute atomic E-state index is 13.6. The second-order valence-corrected chi connectivity index (χ2v) is 5.43. The van der Waals surface area contributed by atoms with Crippen molar-refractivity contribution in [2.75, 3.05) is 6.54 Å². The molecule has 2 rings (SSSR count). The summed E-state index contributed by atoms with van der Waals surface area (Å²) in [7, 11) is 0. The van der Waals surface area contributed by atoms with E-state index in [1.54, 1.807) is 0 Å². The Morgan fingerprint density at radius 3 is 2.62 bits per heavy atom. The van der Waals surface area contributed by atoms with Crippen molar-refractivity contribution in [2.24, 2.45) is 5.92 Å². The Kier molecular flexibility index (Phi) is 4.55. The van der Waals surface area contributed by atoms with Crippen LogP contribution in [0.1, 0.15) is 25.3 Å². The van der Waals surface area contributed by atoms with Crippen LogP contribution in [0.15, 0.2) is 18.2 Å². The number of hydrogen-bond acceptors (Lipinski definition) is 2. The minimum absolute atomic E-state index is 0.00590. The van der Waals surface area contributed by atoms with Gasteiger partial charge in [0.15, 0.2) is 0 Å². The van der Waals surface area contributed by atoms with Crippen LogP contribution in [0.4, 0.5) is 8.78 Å². The lowest BCUT2D eigenvalue weighted by Crippen LogP contribution is -2.39. The molecule has 1 aromatic carbocycles. The van der Waals surface area contributed by atoms with Gasteiger partial charge in [0.2, 0.25) is 5.91 Å². The van der Waals surface area contributed by atoms with Gasteiger partial charge in [0, 0.05) is 18.2 Å². The van der Waals surface area contributed by atoms with Gasteiger partial charge in [-0.15, -0.1) is 0 Å². The Morgan fingerprint density at radius 2 is 2.05 bits per heavy atom. The largest absolute Gasteiger partial charge is 0.481 e. The topological polar surface area (TPSA) is 57.6 Å². The Morgan fingerprint density at radius 1 is 1.38 bits per heavy atom. The molecule has 0 heterocycles. The second-order valence-electron chi connectivity index (χ2n) is 5.43. The molecule has 0 aliphatic heterocycles. The number of nitrogens with zero attached hydrogens (tertiary/aromatic N) is 1. The van der Waals surface area contributed by atoms with Crippen LogP contribution < -0.4 is 0 Å². The van der Waals surface area contributed by atoms with Crippen LogP contribution in [0.5, 0.6) is 0 Å². The van der Waals surface area contributed by atoms with Gasteiger partial charge in [-0.25, -0.2) is 8.78 Å². The first-order valence-corrected chi connectivity index (χ1v) is 6.84. The number of amides is 1. The molecule has 0 spiro atoms. The summed E-state index contributed by atoms with van der Waals surface area (Å²) in [6.07, 6.45) is 1.39. The lowest BCUT2D eigenvalue weighted by molar-refractivity contribution is -0.143. The van der Waals surface area contributed by atoms with E-state index < -0.39 is 23.5 Å². The van der Waals surface area contributed by atoms with E-state index in [9.17, 15) is 18.4 Å². The van der Waals surface area contributed by atoms with Gasteiger partial charge in [-0.3, -0.25) is 9.59 Å². The average Bonchev–Trinajstić information content (AvgIpc) is 3.24. The molecule has 1 amide bonds. The van der Waals surface area contributed by atoms with Gasteiger partial charge in [-0.1, -0.05) is 6.92 Å². The van der Waals surface area contributed by atoms with Gasteiger partial charge >= 0.3 is 5.97 Å². The second kappa shape index (κ2) is 6.20. The zero-order chi connectivity index (χ0) is 15.6. The van der Waals surface area contributed by atoms with Crippen molar-refractivity contribution in [3.8, 4) is 0 Å². The third-order valence-corrected chi connectivity index (χ3v) is 3.55. The van der Waals surface area contributed by atoms with Crippen LogP contribution >= 0.6 is 0 Å². The zero-order valence-corrected chi connectivity index (χ0v) is 11.7. The summed E-state index contributed by atoms with van der Waals surface area (Å²) in [5.74, 6) is -3.27. The summed E-state index contributed by atoms with van der Waals surface area (Å²) in [5, 5.41) is 8.94. The maximum Gasteiger partial charge on any atom is 0.308 e. The molecule has 0 saturated heterocycles. The fourth-order valence-corrected chi connectivity index (χ4v) is 2.16. The molecule has 6 heteroatoms. The number of carboxylic acid groups (broad SMARTS) is 1. The smallest absolute Gasteiger partial charge is 0.308 e. The molecule has 1 N–H and O–H groups in total. The van der Waals surface area contributed by atoms with Crippen LogP contribution in [0.2, 0.25) is 0 Å². The van der Waals surface area contributed by atoms with Crippen molar-refractivity contribution in [3.05, 3.63) is 35.4 Å². The molecule has 21 heavy (non-hydrogen) atoms. The fraction of sp³-hybridized carbons (Fsp3) is 0.467. The first kappa shape index (κ1) is 15.4. The molecule has 1 atom stereocenters. The van der Waals surface area contributed by atoms with Crippen molar-refractivity contribution < 1.29 is 23.5 Å². The molecule has 4 nitrogen and oxygen atoms in total. The van der Waals surface area contributed by atoms with Gasteiger partial charge in [0.25, 0.3) is 0 Å². The van der Waals surface area contributed by atoms with E-state index in [-0.39, 0.29) is 30.5 Å². The lowest BCUT2D eigenvalue weighted by Gasteiger charge is -2.24. The summed E-state index contributed by atoms with van der Waals surface area (Å²) in [6, 6.07) is 3.00. The number of benzene rings is 1. The van der Waals surface area contributed by atoms with Crippen molar-refractivity contribution in [2.45, 2.75) is 32.2 Å². The molecule has 0 aromatic heterocycles. The predicted molar refractivity (Wildman–Crippen MR) is 71.6 cm³/mol. The molecular weight excluding hydrogens is 280 g/mol. The highest BCUT2D eigenvalue weighted by Gasteiger charge is 2.34. The quantitative estimate of drug-likeness (QED) is 0.876. The van der Waals surface area contributed by atoms with Gasteiger partial charge in [0.1, 0.15) is 11.6 Å². The van der Waals surface area contributed by atoms with E-state index in [0.717, 1.165) is 31.0 Å². The predicted octanol–water partition coefficient (Wildman–Crippen LogP) is 2.22. The molecule has 1 aliphatic carbocycles. The van der Waals surface area contributed by atoms with E-state index in [0.29, 0.717) is 0 Å². The highest BCUT2D eigenvalue weighted by atomic mass is 19.1. The summed E-state index contributed by atoms with van der Waals surface area (Å²) in [6.45, 7) is 1.61. The third kappa shape index (κ3) is 4.00. The fourth-order valence-electron chi connectivity index (χ4n) is 2.16. The van der Waals surface area contributed by atoms with Gasteiger partial charge in [0.05, 0.1) is 12.3 Å². The number of rotatable bonds is 6. The van der Waals surface area contributed by atoms with Crippen LogP contribution in [-0.2, 0) is 16.0 Å². The van der Waals surface area contributed by atoms with Crippen LogP contribution in [0.3, 0.4) is 0 Å². The van der Waals surface area contributed by atoms with Crippen molar-refractivity contribution in [1.82, 2.24) is 4.90 Å². The summed E-state index contributed by atoms with van der Waals surface area (Å²) in [4.78, 5) is 24.6. The lowest BCUT2D eigenvalue weighted by atomic mass is 10.1. The van der Waals surface area contributed by atoms with Crippen LogP contribution in [-0.4, -0.2) is 34.5 Å². The minimum Gasteiger partial charge on any atom is -0.481 e. The maximum atomic E-state index is 13.6. The van der Waals surface area contributed by atoms with Gasteiger partial charge < -0.3 is 10.0 Å². The highest BCUT2D eigenvalue weighted by Crippen LogP contribution is 2.28. The Balaban J connectivity index is 2.08. The van der Waals surface area contributed by atoms with E-state index in [1.165, 1.54) is 11.8 Å². The Bertz CT molecular complexity index is 558. The summed E-state index contributed by atoms with van der Waals surface area (Å²) < 4.78 is 26.7. The number of aliphatic carboxylic acids is 1. The monoisotopic (exact) mass is 297 g/mol. The van der Waals surface area contributed by atoms with Crippen LogP contribution in [0, 0.1) is 17.6 Å². The molecule has 1 aliphatic rings. The molecule has 0 bridgehead atoms. The van der Waals surface area contributed by atoms with E-state index in [1.807, 2.05) is 0 Å². The normalized spacial score (nSPS) is 15.6. The molecule has 1 aromatic rings. The third-order valence-electron chi connectivity index (χ3n) is 3.55. The molecule has 1 saturated carbocycles. The minimum atomic E-state index is -0.981. The Hall–Kier alpha value is -1.98. The van der Waals surface area contributed by atoms with E-state index in [4.69, 9.17) is 5.11 Å². The Labute approximate surface area is 121 Å². The SMILES string of the molecule is C[C@@H](CN(C(=O)Cc1cc(F)ccc1F)C1CC1)C(=O)O. The number of carboxylic acids is 1. The number of carbonyl (C=O) groups excluding carboxylic acids is 1. The van der Waals surface area contributed by atoms with E-state index >= 15 is 0 Å². The molecule has 0 radical (unpaired) electrons. The summed E-state index contributed by atoms with van der Waals surface area (Å²) >= 11 is 0. The molecule has 114 valence electrons. The zero-order valence-electron chi connectivity index (χ0n) is 11.7. The molecule has 0 unspecified atom stereocenters. The van der Waals surface area contributed by atoms with Crippen molar-refractivity contribution >= 4 is 11.9 Å². The number of hydrogen-bond donors (Lipinski definition) is 1. The average molecular weight is 297 g/mol. The molecular formula is C15H17F2NO3. The van der Waals surface area contributed by atoms with Crippen molar-refractivity contribution in [3.63, 3.8) is 0 Å². The first-order valence-electron chi connectivity index (χ1n) is 6.84. The van der Waals surface area contributed by atoms with E-state index in [2.05, 4.69) is 0 Å². The summed E-state index contributed by atoms with van der Waals surface area (Å²) in [5.41, 5.74) is -0.00590. The van der Waals surface area contributed by atoms with Crippen molar-refractivity contribution in [1.29, 1.82) is 0 Å². The number of carbonyl (C=O) groups is 2. The highest BCUT2D eigenvalue weighted by molar-refractivity contribution is 5.80. The standard InChI is InChI=1S/C15H17F2NO3/c1-9(15(20)21)8-18(12-3-4-12)14(19)7-10-6-11(16)2-5-13(10)17/h2,5-6,9,12H,3-4,7-8H2,1H3,(H,20,21)/t9-/m0/s1. The van der Waals surface area contributed by atoms with Crippen LogP contribution in [0.25, 0.3) is 0 Å². The first-order chi connectivity index (χ1) is 9.88.